The number of aromatic nitrogens is 1. The SMILES string of the molecule is COc1ccc(C(=O)N2CCC(Oc3ncccc3Br)C2)cc1F. The molecule has 2 aromatic rings. The monoisotopic (exact) mass is 394 g/mol. The highest BCUT2D eigenvalue weighted by Gasteiger charge is 2.29. The summed E-state index contributed by atoms with van der Waals surface area (Å²) in [7, 11) is 1.39. The van der Waals surface area contributed by atoms with Crippen LogP contribution in [0.25, 0.3) is 0 Å². The number of halogens is 2. The van der Waals surface area contributed by atoms with Crippen molar-refractivity contribution in [2.24, 2.45) is 0 Å². The highest BCUT2D eigenvalue weighted by Crippen LogP contribution is 2.25. The van der Waals surface area contributed by atoms with Crippen LogP contribution in [-0.4, -0.2) is 42.1 Å². The van der Waals surface area contributed by atoms with Gasteiger partial charge in [0.05, 0.1) is 18.1 Å². The van der Waals surface area contributed by atoms with Crippen molar-refractivity contribution in [3.8, 4) is 11.6 Å². The van der Waals surface area contributed by atoms with E-state index in [-0.39, 0.29) is 17.8 Å². The number of rotatable bonds is 4. The lowest BCUT2D eigenvalue weighted by atomic mass is 10.2. The maximum absolute atomic E-state index is 13.8. The van der Waals surface area contributed by atoms with E-state index in [0.717, 1.165) is 4.47 Å². The van der Waals surface area contributed by atoms with Crippen LogP contribution >= 0.6 is 15.9 Å². The normalized spacial score (nSPS) is 17.0. The van der Waals surface area contributed by atoms with Crippen molar-refractivity contribution < 1.29 is 18.7 Å². The molecule has 0 spiro atoms. The summed E-state index contributed by atoms with van der Waals surface area (Å²) in [4.78, 5) is 18.3. The minimum atomic E-state index is -0.548. The minimum absolute atomic E-state index is 0.120. The van der Waals surface area contributed by atoms with E-state index in [1.165, 1.54) is 19.2 Å². The zero-order chi connectivity index (χ0) is 17.1. The molecular formula is C17H16BrFN2O3. The molecule has 7 heteroatoms. The Kier molecular flexibility index (Phi) is 4.99. The molecule has 126 valence electrons. The van der Waals surface area contributed by atoms with E-state index in [4.69, 9.17) is 9.47 Å². The predicted molar refractivity (Wildman–Crippen MR) is 89.8 cm³/mol. The molecule has 0 bridgehead atoms. The Balaban J connectivity index is 1.66. The standard InChI is InChI=1S/C17H16BrFN2O3/c1-23-15-5-4-11(9-14(15)19)17(22)21-8-6-12(10-21)24-16-13(18)3-2-7-20-16/h2-5,7,9,12H,6,8,10H2,1H3. The van der Waals surface area contributed by atoms with Crippen LogP contribution in [0.5, 0.6) is 11.6 Å². The van der Waals surface area contributed by atoms with Gasteiger partial charge in [-0.25, -0.2) is 9.37 Å². The maximum Gasteiger partial charge on any atom is 0.254 e. The molecule has 1 atom stereocenters. The molecule has 0 N–H and O–H groups in total. The third kappa shape index (κ3) is 3.51. The third-order valence-corrected chi connectivity index (χ3v) is 4.44. The topological polar surface area (TPSA) is 51.7 Å². The molecule has 1 fully saturated rings. The van der Waals surface area contributed by atoms with Crippen LogP contribution in [0.2, 0.25) is 0 Å². The molecule has 0 saturated carbocycles. The van der Waals surface area contributed by atoms with Crippen molar-refractivity contribution in [2.75, 3.05) is 20.2 Å². The average Bonchev–Trinajstić information content (AvgIpc) is 3.05. The first-order chi connectivity index (χ1) is 11.6. The van der Waals surface area contributed by atoms with Crippen molar-refractivity contribution in [1.29, 1.82) is 0 Å². The Hall–Kier alpha value is -2.15. The molecule has 24 heavy (non-hydrogen) atoms. The largest absolute Gasteiger partial charge is 0.494 e. The third-order valence-electron chi connectivity index (χ3n) is 3.83. The van der Waals surface area contributed by atoms with Gasteiger partial charge in [-0.1, -0.05) is 0 Å². The number of carbonyl (C=O) groups is 1. The van der Waals surface area contributed by atoms with Gasteiger partial charge in [-0.3, -0.25) is 4.79 Å². The van der Waals surface area contributed by atoms with E-state index in [1.807, 2.05) is 6.07 Å². The first-order valence-corrected chi connectivity index (χ1v) is 8.28. The van der Waals surface area contributed by atoms with Gasteiger partial charge in [0.25, 0.3) is 5.91 Å². The van der Waals surface area contributed by atoms with Crippen molar-refractivity contribution in [1.82, 2.24) is 9.88 Å². The Morgan fingerprint density at radius 3 is 2.96 bits per heavy atom. The fourth-order valence-electron chi connectivity index (χ4n) is 2.61. The number of hydrogen-bond donors (Lipinski definition) is 0. The van der Waals surface area contributed by atoms with E-state index in [0.29, 0.717) is 31.0 Å². The highest BCUT2D eigenvalue weighted by molar-refractivity contribution is 9.10. The first kappa shape index (κ1) is 16.7. The van der Waals surface area contributed by atoms with Gasteiger partial charge in [0.2, 0.25) is 5.88 Å². The van der Waals surface area contributed by atoms with Gasteiger partial charge in [-0.2, -0.15) is 0 Å². The van der Waals surface area contributed by atoms with Crippen LogP contribution in [0, 0.1) is 5.82 Å². The average molecular weight is 395 g/mol. The number of amides is 1. The lowest BCUT2D eigenvalue weighted by Gasteiger charge is -2.17. The minimum Gasteiger partial charge on any atom is -0.494 e. The number of benzene rings is 1. The maximum atomic E-state index is 13.8. The number of hydrogen-bond acceptors (Lipinski definition) is 4. The van der Waals surface area contributed by atoms with Crippen molar-refractivity contribution in [3.63, 3.8) is 0 Å². The van der Waals surface area contributed by atoms with E-state index >= 15 is 0 Å². The molecule has 2 heterocycles. The van der Waals surface area contributed by atoms with Crippen molar-refractivity contribution in [2.45, 2.75) is 12.5 Å². The van der Waals surface area contributed by atoms with Crippen molar-refractivity contribution in [3.05, 3.63) is 52.4 Å². The summed E-state index contributed by atoms with van der Waals surface area (Å²) in [6.45, 7) is 0.997. The second kappa shape index (κ2) is 7.17. The van der Waals surface area contributed by atoms with Gasteiger partial charge in [0, 0.05) is 24.7 Å². The van der Waals surface area contributed by atoms with Gasteiger partial charge in [-0.05, 0) is 46.3 Å². The smallest absolute Gasteiger partial charge is 0.254 e. The molecule has 1 unspecified atom stereocenters. The number of carbonyl (C=O) groups excluding carboxylic acids is 1. The first-order valence-electron chi connectivity index (χ1n) is 7.48. The van der Waals surface area contributed by atoms with E-state index in [9.17, 15) is 9.18 Å². The van der Waals surface area contributed by atoms with Gasteiger partial charge in [0.1, 0.15) is 6.10 Å². The molecule has 1 amide bonds. The number of nitrogens with zero attached hydrogens (tertiary/aromatic N) is 2. The second-order valence-corrected chi connectivity index (χ2v) is 6.27. The number of ether oxygens (including phenoxy) is 2. The quantitative estimate of drug-likeness (QED) is 0.798. The molecular weight excluding hydrogens is 379 g/mol. The Morgan fingerprint density at radius 2 is 2.25 bits per heavy atom. The van der Waals surface area contributed by atoms with Gasteiger partial charge >= 0.3 is 0 Å². The Morgan fingerprint density at radius 1 is 1.42 bits per heavy atom. The van der Waals surface area contributed by atoms with Crippen LogP contribution in [0.15, 0.2) is 41.0 Å². The summed E-state index contributed by atoms with van der Waals surface area (Å²) in [5.41, 5.74) is 0.299. The van der Waals surface area contributed by atoms with E-state index in [2.05, 4.69) is 20.9 Å². The van der Waals surface area contributed by atoms with Gasteiger partial charge in [0.15, 0.2) is 11.6 Å². The summed E-state index contributed by atoms with van der Waals surface area (Å²) in [5, 5.41) is 0. The summed E-state index contributed by atoms with van der Waals surface area (Å²) in [6, 6.07) is 7.87. The van der Waals surface area contributed by atoms with Gasteiger partial charge in [-0.15, -0.1) is 0 Å². The molecule has 1 aliphatic rings. The Labute approximate surface area is 147 Å². The molecule has 1 saturated heterocycles. The van der Waals surface area contributed by atoms with Gasteiger partial charge < -0.3 is 14.4 Å². The lowest BCUT2D eigenvalue weighted by molar-refractivity contribution is 0.0770. The Bertz CT molecular complexity index is 756. The van der Waals surface area contributed by atoms with Crippen LogP contribution in [0.4, 0.5) is 4.39 Å². The molecule has 0 radical (unpaired) electrons. The van der Waals surface area contributed by atoms with E-state index in [1.54, 1.807) is 23.2 Å². The molecule has 3 rings (SSSR count). The molecule has 5 nitrogen and oxygen atoms in total. The summed E-state index contributed by atoms with van der Waals surface area (Å²) < 4.78 is 25.2. The van der Waals surface area contributed by atoms with Crippen molar-refractivity contribution >= 4 is 21.8 Å². The second-order valence-electron chi connectivity index (χ2n) is 5.42. The fraction of sp³-hybridized carbons (Fsp3) is 0.294. The lowest BCUT2D eigenvalue weighted by Crippen LogP contribution is -2.31. The summed E-state index contributed by atoms with van der Waals surface area (Å²) in [6.07, 6.45) is 2.22. The number of likely N-dealkylation sites (tertiary alicyclic amines) is 1. The summed E-state index contributed by atoms with van der Waals surface area (Å²) in [5.74, 6) is -0.142. The number of pyridine rings is 1. The molecule has 1 aliphatic heterocycles. The highest BCUT2D eigenvalue weighted by atomic mass is 79.9. The summed E-state index contributed by atoms with van der Waals surface area (Å²) >= 11 is 3.38. The molecule has 1 aromatic heterocycles. The molecule has 0 aliphatic carbocycles. The zero-order valence-electron chi connectivity index (χ0n) is 13.0. The zero-order valence-corrected chi connectivity index (χ0v) is 14.6. The van der Waals surface area contributed by atoms with E-state index < -0.39 is 5.82 Å². The molecule has 1 aromatic carbocycles. The van der Waals surface area contributed by atoms with Crippen LogP contribution in [-0.2, 0) is 0 Å². The predicted octanol–water partition coefficient (Wildman–Crippen LogP) is 3.29. The van der Waals surface area contributed by atoms with Crippen LogP contribution < -0.4 is 9.47 Å². The van der Waals surface area contributed by atoms with Crippen LogP contribution in [0.1, 0.15) is 16.8 Å². The van der Waals surface area contributed by atoms with Crippen LogP contribution in [0.3, 0.4) is 0 Å². The fourth-order valence-corrected chi connectivity index (χ4v) is 2.96. The number of methoxy groups -OCH3 is 1.